The van der Waals surface area contributed by atoms with Crippen molar-refractivity contribution < 1.29 is 19.6 Å². The minimum absolute atomic E-state index is 0.0637. The van der Waals surface area contributed by atoms with E-state index in [-0.39, 0.29) is 49.6 Å². The molecule has 0 aromatic heterocycles. The second-order valence-electron chi connectivity index (χ2n) is 9.54. The van der Waals surface area contributed by atoms with Gasteiger partial charge in [-0.25, -0.2) is 15.5 Å². The Kier molecular flexibility index (Phi) is 13.9. The fourth-order valence-electron chi connectivity index (χ4n) is 3.67. The lowest BCUT2D eigenvalue weighted by Crippen LogP contribution is -2.60. The third-order valence-electron chi connectivity index (χ3n) is 5.71. The molecule has 0 aliphatic carbocycles. The summed E-state index contributed by atoms with van der Waals surface area (Å²) in [4.78, 5) is 41.8. The number of benzene rings is 1. The van der Waals surface area contributed by atoms with Crippen LogP contribution in [0.4, 0.5) is 0 Å². The number of amides is 3. The largest absolute Gasteiger partial charge is 0.295 e. The summed E-state index contributed by atoms with van der Waals surface area (Å²) in [5.74, 6) is -0.940. The lowest BCUT2D eigenvalue weighted by atomic mass is 10.1. The number of hydrogen-bond acceptors (Lipinski definition) is 5. The Morgan fingerprint density at radius 1 is 0.971 bits per heavy atom. The van der Waals surface area contributed by atoms with Crippen LogP contribution < -0.4 is 5.48 Å². The minimum Gasteiger partial charge on any atom is -0.295 e. The normalized spacial score (nSPS) is 12.4. The van der Waals surface area contributed by atoms with Crippen molar-refractivity contribution in [2.45, 2.75) is 66.8 Å². The number of nitrogens with one attached hydrogen (secondary N) is 1. The molecule has 196 valence electrons. The maximum atomic E-state index is 13.5. The van der Waals surface area contributed by atoms with Crippen LogP contribution in [0.15, 0.2) is 36.4 Å². The second kappa shape index (κ2) is 16.1. The van der Waals surface area contributed by atoms with Crippen molar-refractivity contribution in [3.8, 4) is 0 Å². The zero-order valence-corrected chi connectivity index (χ0v) is 22.2. The van der Waals surface area contributed by atoms with Gasteiger partial charge in [0.05, 0.1) is 6.54 Å². The SMILES string of the molecule is CCN(CC)CC(=O)N(CC(C)C)N(C(=O)CCC(C)C)[C@@H](CC=Cc1ccccc1)C(=O)NO. The van der Waals surface area contributed by atoms with E-state index < -0.39 is 11.9 Å². The highest BCUT2D eigenvalue weighted by Crippen LogP contribution is 2.18. The Morgan fingerprint density at radius 2 is 1.60 bits per heavy atom. The molecule has 35 heavy (non-hydrogen) atoms. The van der Waals surface area contributed by atoms with Gasteiger partial charge in [-0.1, -0.05) is 84.0 Å². The van der Waals surface area contributed by atoms with Crippen LogP contribution in [-0.2, 0) is 14.4 Å². The number of carbonyl (C=O) groups is 3. The number of rotatable bonds is 14. The number of hydrogen-bond donors (Lipinski definition) is 2. The summed E-state index contributed by atoms with van der Waals surface area (Å²) in [5, 5.41) is 12.2. The smallest absolute Gasteiger partial charge is 0.268 e. The molecule has 0 saturated heterocycles. The highest BCUT2D eigenvalue weighted by molar-refractivity contribution is 5.89. The molecule has 3 amide bonds. The summed E-state index contributed by atoms with van der Waals surface area (Å²) in [6.45, 7) is 13.7. The van der Waals surface area contributed by atoms with Crippen molar-refractivity contribution in [3.63, 3.8) is 0 Å². The van der Waals surface area contributed by atoms with Crippen LogP contribution in [0, 0.1) is 11.8 Å². The molecule has 1 aromatic carbocycles. The molecule has 0 unspecified atom stereocenters. The lowest BCUT2D eigenvalue weighted by molar-refractivity contribution is -0.175. The molecule has 0 heterocycles. The Hall–Kier alpha value is -2.71. The third-order valence-corrected chi connectivity index (χ3v) is 5.71. The van der Waals surface area contributed by atoms with Gasteiger partial charge < -0.3 is 0 Å². The standard InChI is InChI=1S/C27H44N4O4/c1-7-29(8-2)20-26(33)30(19-22(5)6)31(25(32)18-17-21(3)4)24(27(34)28-35)16-12-15-23-13-10-9-11-14-23/h9-15,21-22,24,35H,7-8,16-20H2,1-6H3,(H,28,34)/t24-/m0/s1. The van der Waals surface area contributed by atoms with Gasteiger partial charge in [0, 0.05) is 13.0 Å². The van der Waals surface area contributed by atoms with Crippen molar-refractivity contribution in [2.24, 2.45) is 11.8 Å². The van der Waals surface area contributed by atoms with E-state index in [1.54, 1.807) is 11.6 Å². The molecule has 1 rings (SSSR count). The number of likely N-dealkylation sites (N-methyl/N-ethyl adjacent to an activating group) is 1. The van der Waals surface area contributed by atoms with Crippen LogP contribution in [0.25, 0.3) is 6.08 Å². The van der Waals surface area contributed by atoms with Crippen molar-refractivity contribution in [1.29, 1.82) is 0 Å². The Labute approximate surface area is 210 Å². The topological polar surface area (TPSA) is 93.2 Å². The van der Waals surface area contributed by atoms with Gasteiger partial charge >= 0.3 is 0 Å². The molecule has 0 bridgehead atoms. The van der Waals surface area contributed by atoms with E-state index in [0.717, 1.165) is 5.56 Å². The van der Waals surface area contributed by atoms with Crippen LogP contribution in [0.2, 0.25) is 0 Å². The van der Waals surface area contributed by atoms with Crippen molar-refractivity contribution >= 4 is 23.8 Å². The zero-order valence-electron chi connectivity index (χ0n) is 22.2. The van der Waals surface area contributed by atoms with E-state index in [0.29, 0.717) is 19.5 Å². The monoisotopic (exact) mass is 488 g/mol. The van der Waals surface area contributed by atoms with Crippen LogP contribution >= 0.6 is 0 Å². The third kappa shape index (κ3) is 10.6. The van der Waals surface area contributed by atoms with Gasteiger partial charge in [0.2, 0.25) is 5.91 Å². The molecule has 1 atom stereocenters. The number of hydroxylamine groups is 1. The van der Waals surface area contributed by atoms with E-state index in [9.17, 15) is 19.6 Å². The molecular weight excluding hydrogens is 444 g/mol. The molecule has 0 fully saturated rings. The molecule has 0 radical (unpaired) electrons. The van der Waals surface area contributed by atoms with Crippen LogP contribution in [-0.4, -0.2) is 70.1 Å². The van der Waals surface area contributed by atoms with Crippen LogP contribution in [0.5, 0.6) is 0 Å². The summed E-state index contributed by atoms with van der Waals surface area (Å²) in [7, 11) is 0. The predicted octanol–water partition coefficient (Wildman–Crippen LogP) is 3.97. The highest BCUT2D eigenvalue weighted by Gasteiger charge is 2.36. The van der Waals surface area contributed by atoms with Gasteiger partial charge in [-0.15, -0.1) is 0 Å². The number of carbonyl (C=O) groups excluding carboxylic acids is 3. The van der Waals surface area contributed by atoms with E-state index in [4.69, 9.17) is 0 Å². The summed E-state index contributed by atoms with van der Waals surface area (Å²) in [6, 6.07) is 8.54. The Morgan fingerprint density at radius 3 is 2.11 bits per heavy atom. The van der Waals surface area contributed by atoms with E-state index in [2.05, 4.69) is 0 Å². The number of hydrazine groups is 1. The molecule has 2 N–H and O–H groups in total. The fourth-order valence-corrected chi connectivity index (χ4v) is 3.67. The quantitative estimate of drug-likeness (QED) is 0.305. The fraction of sp³-hybridized carbons (Fsp3) is 0.593. The van der Waals surface area contributed by atoms with Crippen molar-refractivity contribution in [3.05, 3.63) is 42.0 Å². The van der Waals surface area contributed by atoms with Gasteiger partial charge in [-0.3, -0.25) is 24.5 Å². The summed E-state index contributed by atoms with van der Waals surface area (Å²) < 4.78 is 0. The van der Waals surface area contributed by atoms with Crippen molar-refractivity contribution in [1.82, 2.24) is 20.4 Å². The maximum absolute atomic E-state index is 13.5. The second-order valence-corrected chi connectivity index (χ2v) is 9.54. The van der Waals surface area contributed by atoms with Crippen molar-refractivity contribution in [2.75, 3.05) is 26.2 Å². The summed E-state index contributed by atoms with van der Waals surface area (Å²) in [5.41, 5.74) is 2.66. The van der Waals surface area contributed by atoms with Gasteiger partial charge in [-0.2, -0.15) is 0 Å². The molecule has 0 aliphatic heterocycles. The zero-order chi connectivity index (χ0) is 26.4. The van der Waals surface area contributed by atoms with Gasteiger partial charge in [0.25, 0.3) is 11.8 Å². The Balaban J connectivity index is 3.41. The summed E-state index contributed by atoms with van der Waals surface area (Å²) >= 11 is 0. The number of nitrogens with zero attached hydrogens (tertiary/aromatic N) is 3. The molecule has 8 heteroatoms. The van der Waals surface area contributed by atoms with Gasteiger partial charge in [0.15, 0.2) is 0 Å². The predicted molar refractivity (Wildman–Crippen MR) is 139 cm³/mol. The first-order valence-electron chi connectivity index (χ1n) is 12.6. The molecular formula is C27H44N4O4. The van der Waals surface area contributed by atoms with E-state index in [1.165, 1.54) is 10.0 Å². The highest BCUT2D eigenvalue weighted by atomic mass is 16.5. The van der Waals surface area contributed by atoms with E-state index >= 15 is 0 Å². The minimum atomic E-state index is -1.07. The first-order chi connectivity index (χ1) is 16.6. The molecule has 1 aromatic rings. The molecule has 0 saturated carbocycles. The first-order valence-corrected chi connectivity index (χ1v) is 12.6. The molecule has 8 nitrogen and oxygen atoms in total. The summed E-state index contributed by atoms with van der Waals surface area (Å²) in [6.07, 6.45) is 4.62. The molecule has 0 aliphatic rings. The molecule has 0 spiro atoms. The van der Waals surface area contributed by atoms with E-state index in [1.807, 2.05) is 82.9 Å². The first kappa shape index (κ1) is 30.3. The Bertz CT molecular complexity index is 807. The lowest BCUT2D eigenvalue weighted by Gasteiger charge is -2.41. The van der Waals surface area contributed by atoms with Crippen LogP contribution in [0.1, 0.15) is 66.4 Å². The van der Waals surface area contributed by atoms with Gasteiger partial charge in [-0.05, 0) is 43.3 Å². The average Bonchev–Trinajstić information content (AvgIpc) is 2.84. The maximum Gasteiger partial charge on any atom is 0.268 e. The van der Waals surface area contributed by atoms with Gasteiger partial charge in [0.1, 0.15) is 6.04 Å². The average molecular weight is 489 g/mol. The van der Waals surface area contributed by atoms with Crippen LogP contribution in [0.3, 0.4) is 0 Å².